The van der Waals surface area contributed by atoms with E-state index in [0.29, 0.717) is 27.8 Å². The molecule has 31 heavy (non-hydrogen) atoms. The first-order valence-corrected chi connectivity index (χ1v) is 9.48. The fourth-order valence-electron chi connectivity index (χ4n) is 3.77. The predicted octanol–water partition coefficient (Wildman–Crippen LogP) is 4.30. The van der Waals surface area contributed by atoms with Crippen LogP contribution in [0.2, 0.25) is 0 Å². The second-order valence-electron chi connectivity index (χ2n) is 7.34. The summed E-state index contributed by atoms with van der Waals surface area (Å²) in [5, 5.41) is 22.3. The van der Waals surface area contributed by atoms with Crippen molar-refractivity contribution in [1.29, 1.82) is 0 Å². The molecule has 0 fully saturated rings. The second-order valence-corrected chi connectivity index (χ2v) is 7.34. The Labute approximate surface area is 178 Å². The molecule has 1 heterocycles. The molecule has 8 heteroatoms. The van der Waals surface area contributed by atoms with Crippen LogP contribution >= 0.6 is 0 Å². The standard InChI is InChI=1S/C23H20N2O6/c1-24(2)13-8-9-15(20(26)12-13)18-10-14(25(28)29)11-19(21(18)30-3)22-16-6-4-5-7-17(16)23(27)31-22/h4-12,22,26H,1-3H3. The Morgan fingerprint density at radius 3 is 2.42 bits per heavy atom. The summed E-state index contributed by atoms with van der Waals surface area (Å²) in [6.07, 6.45) is -0.861. The van der Waals surface area contributed by atoms with Crippen molar-refractivity contribution in [2.45, 2.75) is 6.10 Å². The van der Waals surface area contributed by atoms with Crippen LogP contribution in [-0.2, 0) is 4.74 Å². The van der Waals surface area contributed by atoms with Gasteiger partial charge in [-0.3, -0.25) is 10.1 Å². The van der Waals surface area contributed by atoms with E-state index in [4.69, 9.17) is 9.47 Å². The average Bonchev–Trinajstić information content (AvgIpc) is 3.09. The molecule has 3 aromatic rings. The van der Waals surface area contributed by atoms with E-state index in [-0.39, 0.29) is 17.2 Å². The lowest BCUT2D eigenvalue weighted by molar-refractivity contribution is -0.384. The molecule has 1 aliphatic heterocycles. The normalized spacial score (nSPS) is 14.7. The maximum atomic E-state index is 12.3. The molecule has 4 rings (SSSR count). The van der Waals surface area contributed by atoms with Gasteiger partial charge >= 0.3 is 5.97 Å². The Bertz CT molecular complexity index is 1200. The Balaban J connectivity index is 1.96. The van der Waals surface area contributed by atoms with Crippen molar-refractivity contribution < 1.29 is 24.3 Å². The molecule has 0 saturated heterocycles. The number of fused-ring (bicyclic) bond motifs is 1. The van der Waals surface area contributed by atoms with Gasteiger partial charge in [0, 0.05) is 60.2 Å². The Morgan fingerprint density at radius 1 is 1.03 bits per heavy atom. The van der Waals surface area contributed by atoms with E-state index in [2.05, 4.69) is 0 Å². The van der Waals surface area contributed by atoms with Crippen LogP contribution in [0.3, 0.4) is 0 Å². The maximum absolute atomic E-state index is 12.3. The van der Waals surface area contributed by atoms with Crippen LogP contribution in [0, 0.1) is 10.1 Å². The number of nitro groups is 1. The quantitative estimate of drug-likeness (QED) is 0.373. The van der Waals surface area contributed by atoms with Gasteiger partial charge in [-0.2, -0.15) is 0 Å². The first-order chi connectivity index (χ1) is 14.8. The van der Waals surface area contributed by atoms with E-state index in [1.807, 2.05) is 19.0 Å². The number of carbonyl (C=O) groups is 1. The highest BCUT2D eigenvalue weighted by Crippen LogP contribution is 2.47. The number of phenols is 1. The minimum atomic E-state index is -0.861. The first-order valence-electron chi connectivity index (χ1n) is 9.48. The highest BCUT2D eigenvalue weighted by atomic mass is 16.6. The van der Waals surface area contributed by atoms with Crippen LogP contribution < -0.4 is 9.64 Å². The van der Waals surface area contributed by atoms with Crippen molar-refractivity contribution in [3.8, 4) is 22.6 Å². The van der Waals surface area contributed by atoms with Crippen LogP contribution in [0.4, 0.5) is 11.4 Å². The number of non-ortho nitro benzene ring substituents is 1. The third-order valence-corrected chi connectivity index (χ3v) is 5.28. The van der Waals surface area contributed by atoms with Gasteiger partial charge in [-0.15, -0.1) is 0 Å². The zero-order valence-electron chi connectivity index (χ0n) is 17.2. The number of carbonyl (C=O) groups excluding carboxylic acids is 1. The van der Waals surface area contributed by atoms with Crippen LogP contribution in [0.1, 0.15) is 27.6 Å². The molecule has 0 bridgehead atoms. The summed E-state index contributed by atoms with van der Waals surface area (Å²) in [7, 11) is 5.11. The third-order valence-electron chi connectivity index (χ3n) is 5.28. The van der Waals surface area contributed by atoms with Crippen LogP contribution in [0.25, 0.3) is 11.1 Å². The van der Waals surface area contributed by atoms with Gasteiger partial charge in [0.25, 0.3) is 5.69 Å². The van der Waals surface area contributed by atoms with E-state index in [1.54, 1.807) is 42.5 Å². The molecule has 1 atom stereocenters. The number of anilines is 1. The van der Waals surface area contributed by atoms with Crippen molar-refractivity contribution in [3.05, 3.63) is 81.4 Å². The van der Waals surface area contributed by atoms with Crippen molar-refractivity contribution >= 4 is 17.3 Å². The van der Waals surface area contributed by atoms with Crippen LogP contribution in [0.15, 0.2) is 54.6 Å². The topological polar surface area (TPSA) is 102 Å². The molecule has 0 amide bonds. The number of cyclic esters (lactones) is 1. The minimum Gasteiger partial charge on any atom is -0.507 e. The number of methoxy groups -OCH3 is 1. The number of nitro benzene ring substituents is 1. The van der Waals surface area contributed by atoms with E-state index in [9.17, 15) is 20.0 Å². The number of rotatable bonds is 5. The summed E-state index contributed by atoms with van der Waals surface area (Å²) < 4.78 is 11.2. The fraction of sp³-hybridized carbons (Fsp3) is 0.174. The van der Waals surface area contributed by atoms with Crippen molar-refractivity contribution in [2.24, 2.45) is 0 Å². The molecule has 0 radical (unpaired) electrons. The van der Waals surface area contributed by atoms with Gasteiger partial charge in [-0.25, -0.2) is 4.79 Å². The summed E-state index contributed by atoms with van der Waals surface area (Å²) >= 11 is 0. The lowest BCUT2D eigenvalue weighted by atomic mass is 9.93. The number of hydrogen-bond donors (Lipinski definition) is 1. The van der Waals surface area contributed by atoms with Crippen molar-refractivity contribution in [3.63, 3.8) is 0 Å². The summed E-state index contributed by atoms with van der Waals surface area (Å²) in [4.78, 5) is 25.3. The monoisotopic (exact) mass is 420 g/mol. The lowest BCUT2D eigenvalue weighted by Crippen LogP contribution is -2.08. The zero-order valence-corrected chi connectivity index (χ0v) is 17.2. The lowest BCUT2D eigenvalue weighted by Gasteiger charge is -2.20. The number of benzene rings is 3. The number of ether oxygens (including phenoxy) is 2. The molecule has 0 aromatic heterocycles. The highest BCUT2D eigenvalue weighted by molar-refractivity contribution is 5.95. The summed E-state index contributed by atoms with van der Waals surface area (Å²) in [5.41, 5.74) is 2.60. The molecule has 0 saturated carbocycles. The zero-order chi connectivity index (χ0) is 22.3. The Morgan fingerprint density at radius 2 is 1.77 bits per heavy atom. The Kier molecular flexibility index (Phi) is 4.98. The smallest absolute Gasteiger partial charge is 0.339 e. The predicted molar refractivity (Wildman–Crippen MR) is 115 cm³/mol. The first kappa shape index (κ1) is 20.2. The van der Waals surface area contributed by atoms with Gasteiger partial charge in [0.1, 0.15) is 11.5 Å². The number of esters is 1. The highest BCUT2D eigenvalue weighted by Gasteiger charge is 2.36. The molecule has 1 unspecified atom stereocenters. The van der Waals surface area contributed by atoms with Gasteiger partial charge in [-0.05, 0) is 18.2 Å². The van der Waals surface area contributed by atoms with Gasteiger partial charge in [-0.1, -0.05) is 18.2 Å². The van der Waals surface area contributed by atoms with Gasteiger partial charge in [0.2, 0.25) is 0 Å². The second kappa shape index (κ2) is 7.64. The van der Waals surface area contributed by atoms with Gasteiger partial charge in [0.15, 0.2) is 6.10 Å². The third kappa shape index (κ3) is 3.42. The van der Waals surface area contributed by atoms with Crippen molar-refractivity contribution in [2.75, 3.05) is 26.1 Å². The van der Waals surface area contributed by atoms with E-state index >= 15 is 0 Å². The Hall–Kier alpha value is -4.07. The molecule has 1 N–H and O–H groups in total. The molecule has 0 spiro atoms. The fourth-order valence-corrected chi connectivity index (χ4v) is 3.77. The molecule has 8 nitrogen and oxygen atoms in total. The van der Waals surface area contributed by atoms with Crippen molar-refractivity contribution in [1.82, 2.24) is 0 Å². The average molecular weight is 420 g/mol. The summed E-state index contributed by atoms with van der Waals surface area (Å²) in [5.74, 6) is -0.276. The number of aromatic hydroxyl groups is 1. The number of hydrogen-bond acceptors (Lipinski definition) is 7. The molecular weight excluding hydrogens is 400 g/mol. The molecule has 3 aromatic carbocycles. The molecule has 158 valence electrons. The van der Waals surface area contributed by atoms with E-state index in [0.717, 1.165) is 5.69 Å². The van der Waals surface area contributed by atoms with Crippen LogP contribution in [0.5, 0.6) is 11.5 Å². The van der Waals surface area contributed by atoms with Gasteiger partial charge < -0.3 is 19.5 Å². The summed E-state index contributed by atoms with van der Waals surface area (Å²) in [6, 6.07) is 14.6. The van der Waals surface area contributed by atoms with E-state index < -0.39 is 17.0 Å². The minimum absolute atomic E-state index is 0.0558. The van der Waals surface area contributed by atoms with Crippen LogP contribution in [-0.4, -0.2) is 37.2 Å². The largest absolute Gasteiger partial charge is 0.507 e. The van der Waals surface area contributed by atoms with E-state index in [1.165, 1.54) is 19.2 Å². The summed E-state index contributed by atoms with van der Waals surface area (Å²) in [6.45, 7) is 0. The SMILES string of the molecule is COc1c(-c2ccc(N(C)C)cc2O)cc([N+](=O)[O-])cc1C1OC(=O)c2ccccc21. The number of nitrogens with zero attached hydrogens (tertiary/aromatic N) is 2. The molecule has 1 aliphatic rings. The van der Waals surface area contributed by atoms with Gasteiger partial charge in [0.05, 0.1) is 17.6 Å². The number of phenolic OH excluding ortho intramolecular Hbond substituents is 1. The molecule has 0 aliphatic carbocycles. The molecular formula is C23H20N2O6. The maximum Gasteiger partial charge on any atom is 0.339 e.